The molecule has 0 unspecified atom stereocenters. The first kappa shape index (κ1) is 17.8. The Bertz CT molecular complexity index is 1180. The van der Waals surface area contributed by atoms with E-state index in [9.17, 15) is 10.4 Å². The molecular formula is C23H22N4O2. The average molecular weight is 386 g/mol. The van der Waals surface area contributed by atoms with Crippen LogP contribution in [-0.4, -0.2) is 28.1 Å². The minimum Gasteiger partial charge on any atom is -0.507 e. The monoisotopic (exact) mass is 386 g/mol. The lowest BCUT2D eigenvalue weighted by Gasteiger charge is -2.34. The van der Waals surface area contributed by atoms with Gasteiger partial charge in [0.1, 0.15) is 23.1 Å². The Morgan fingerprint density at radius 2 is 2.03 bits per heavy atom. The number of phenols is 1. The molecule has 3 aromatic rings. The maximum atomic E-state index is 10.6. The summed E-state index contributed by atoms with van der Waals surface area (Å²) in [6, 6.07) is 11.8. The summed E-state index contributed by atoms with van der Waals surface area (Å²) in [6.45, 7) is 1.56. The van der Waals surface area contributed by atoms with Crippen molar-refractivity contribution in [3.63, 3.8) is 0 Å². The maximum absolute atomic E-state index is 10.6. The van der Waals surface area contributed by atoms with Crippen LogP contribution in [0.1, 0.15) is 36.1 Å². The largest absolute Gasteiger partial charge is 0.507 e. The van der Waals surface area contributed by atoms with Crippen LogP contribution < -0.4 is 10.5 Å². The van der Waals surface area contributed by atoms with Crippen LogP contribution in [0, 0.1) is 11.3 Å². The summed E-state index contributed by atoms with van der Waals surface area (Å²) in [5, 5.41) is 20.9. The summed E-state index contributed by atoms with van der Waals surface area (Å²) in [5.74, 6) is 0.622. The first-order valence-corrected chi connectivity index (χ1v) is 9.86. The number of hydrogen-bond acceptors (Lipinski definition) is 6. The Morgan fingerprint density at radius 3 is 2.72 bits per heavy atom. The third-order valence-electron chi connectivity index (χ3n) is 6.30. The molecule has 3 N–H and O–H groups in total. The molecule has 0 saturated heterocycles. The fourth-order valence-corrected chi connectivity index (χ4v) is 4.50. The van der Waals surface area contributed by atoms with Crippen molar-refractivity contribution in [2.24, 2.45) is 0 Å². The molecule has 1 saturated carbocycles. The summed E-state index contributed by atoms with van der Waals surface area (Å²) in [4.78, 5) is 7.37. The molecule has 2 heterocycles. The molecular weight excluding hydrogens is 364 g/mol. The van der Waals surface area contributed by atoms with E-state index < -0.39 is 0 Å². The minimum atomic E-state index is 0.111. The summed E-state index contributed by atoms with van der Waals surface area (Å²) in [5.41, 5.74) is 11.7. The normalized spacial score (nSPS) is 16.4. The second kappa shape index (κ2) is 6.64. The summed E-state index contributed by atoms with van der Waals surface area (Å²) >= 11 is 0. The number of ether oxygens (including phenoxy) is 1. The number of methoxy groups -OCH3 is 1. The lowest BCUT2D eigenvalue weighted by Crippen LogP contribution is -2.36. The van der Waals surface area contributed by atoms with Crippen molar-refractivity contribution in [3.05, 3.63) is 47.2 Å². The maximum Gasteiger partial charge on any atom is 0.137 e. The van der Waals surface area contributed by atoms with Crippen LogP contribution in [0.25, 0.3) is 22.0 Å². The zero-order valence-electron chi connectivity index (χ0n) is 16.3. The first-order chi connectivity index (χ1) is 14.1. The van der Waals surface area contributed by atoms with Crippen LogP contribution in [0.15, 0.2) is 30.3 Å². The molecule has 5 rings (SSSR count). The number of hydrogen-bond donors (Lipinski definition) is 2. The third kappa shape index (κ3) is 2.62. The van der Waals surface area contributed by atoms with Crippen LogP contribution in [0.5, 0.6) is 11.5 Å². The Hall–Kier alpha value is -3.30. The molecule has 6 heteroatoms. The highest BCUT2D eigenvalue weighted by Gasteiger charge is 2.33. The molecule has 0 spiro atoms. The molecule has 1 aliphatic carbocycles. The number of benzene rings is 2. The first-order valence-electron chi connectivity index (χ1n) is 9.86. The summed E-state index contributed by atoms with van der Waals surface area (Å²) < 4.78 is 5.37. The van der Waals surface area contributed by atoms with Gasteiger partial charge in [-0.15, -0.1) is 0 Å². The molecule has 2 aromatic carbocycles. The summed E-state index contributed by atoms with van der Waals surface area (Å²) in [7, 11) is 1.55. The highest BCUT2D eigenvalue weighted by Crippen LogP contribution is 2.43. The van der Waals surface area contributed by atoms with Gasteiger partial charge in [0.05, 0.1) is 29.4 Å². The number of pyridine rings is 1. The molecule has 2 aliphatic rings. The van der Waals surface area contributed by atoms with E-state index in [1.807, 2.05) is 12.1 Å². The van der Waals surface area contributed by atoms with Gasteiger partial charge in [-0.05, 0) is 31.0 Å². The van der Waals surface area contributed by atoms with Crippen molar-refractivity contribution in [3.8, 4) is 28.7 Å². The van der Waals surface area contributed by atoms with Crippen molar-refractivity contribution >= 4 is 16.6 Å². The van der Waals surface area contributed by atoms with Crippen molar-refractivity contribution in [2.75, 3.05) is 12.8 Å². The van der Waals surface area contributed by atoms with Gasteiger partial charge in [0.2, 0.25) is 0 Å². The second-order valence-electron chi connectivity index (χ2n) is 7.79. The number of rotatable bonds is 3. The van der Waals surface area contributed by atoms with Crippen molar-refractivity contribution in [1.29, 1.82) is 5.26 Å². The molecule has 1 aliphatic heterocycles. The Kier molecular flexibility index (Phi) is 4.07. The number of nitriles is 1. The van der Waals surface area contributed by atoms with Crippen molar-refractivity contribution in [1.82, 2.24) is 9.88 Å². The van der Waals surface area contributed by atoms with Gasteiger partial charge in [0, 0.05) is 35.8 Å². The van der Waals surface area contributed by atoms with Crippen LogP contribution in [0.2, 0.25) is 0 Å². The third-order valence-corrected chi connectivity index (χ3v) is 6.30. The van der Waals surface area contributed by atoms with Gasteiger partial charge >= 0.3 is 0 Å². The number of fused-ring (bicyclic) bond motifs is 2. The number of nitrogens with two attached hydrogens (primary N) is 1. The number of aromatic nitrogens is 1. The zero-order chi connectivity index (χ0) is 20.1. The Balaban J connectivity index is 1.73. The Labute approximate surface area is 169 Å². The Morgan fingerprint density at radius 1 is 1.21 bits per heavy atom. The molecule has 0 bridgehead atoms. The molecule has 1 aromatic heterocycles. The van der Waals surface area contributed by atoms with Gasteiger partial charge in [0.25, 0.3) is 0 Å². The van der Waals surface area contributed by atoms with Gasteiger partial charge in [-0.25, -0.2) is 0 Å². The SMILES string of the molecule is COc1cccc(-c2ccc(O)c3c(N)c4c(nc23)CN(C2CCC2)C4)c1C#N. The molecule has 146 valence electrons. The highest BCUT2D eigenvalue weighted by molar-refractivity contribution is 6.05. The molecule has 6 nitrogen and oxygen atoms in total. The van der Waals surface area contributed by atoms with Crippen molar-refractivity contribution in [2.45, 2.75) is 38.4 Å². The number of phenolic OH excluding ortho intramolecular Hbond substituents is 1. The number of anilines is 1. The lowest BCUT2D eigenvalue weighted by atomic mass is 9.92. The topological polar surface area (TPSA) is 95.4 Å². The van der Waals surface area contributed by atoms with Crippen LogP contribution >= 0.6 is 0 Å². The van der Waals surface area contributed by atoms with Crippen LogP contribution in [-0.2, 0) is 13.1 Å². The van der Waals surface area contributed by atoms with E-state index in [0.717, 1.165) is 35.5 Å². The van der Waals surface area contributed by atoms with Gasteiger partial charge in [-0.1, -0.05) is 18.6 Å². The summed E-state index contributed by atoms with van der Waals surface area (Å²) in [6.07, 6.45) is 3.72. The van der Waals surface area contributed by atoms with E-state index >= 15 is 0 Å². The molecule has 1 fully saturated rings. The second-order valence-corrected chi connectivity index (χ2v) is 7.79. The van der Waals surface area contributed by atoms with E-state index in [4.69, 9.17) is 15.5 Å². The van der Waals surface area contributed by atoms with E-state index in [1.54, 1.807) is 25.3 Å². The predicted molar refractivity (Wildman–Crippen MR) is 111 cm³/mol. The quantitative estimate of drug-likeness (QED) is 0.708. The predicted octanol–water partition coefficient (Wildman–Crippen LogP) is 3.94. The average Bonchev–Trinajstić information content (AvgIpc) is 3.10. The van der Waals surface area contributed by atoms with Gasteiger partial charge in [0.15, 0.2) is 0 Å². The number of aromatic hydroxyl groups is 1. The zero-order valence-corrected chi connectivity index (χ0v) is 16.3. The number of nitrogen functional groups attached to an aromatic ring is 1. The number of nitrogens with zero attached hydrogens (tertiary/aromatic N) is 3. The fraction of sp³-hybridized carbons (Fsp3) is 0.304. The van der Waals surface area contributed by atoms with Crippen LogP contribution in [0.4, 0.5) is 5.69 Å². The standard InChI is InChI=1S/C23H22N4O2/c1-29-20-7-3-6-14(16(20)10-24)15-8-9-19(28)21-22(25)17-11-27(13-4-2-5-13)12-18(17)26-23(15)21/h3,6-9,13,28H,2,4-5,11-12H2,1H3,(H2,25,26). The minimum absolute atomic E-state index is 0.111. The van der Waals surface area contributed by atoms with E-state index in [-0.39, 0.29) is 5.75 Å². The van der Waals surface area contributed by atoms with Gasteiger partial charge in [-0.2, -0.15) is 5.26 Å². The van der Waals surface area contributed by atoms with Gasteiger partial charge < -0.3 is 15.6 Å². The highest BCUT2D eigenvalue weighted by atomic mass is 16.5. The van der Waals surface area contributed by atoms with Gasteiger partial charge in [-0.3, -0.25) is 9.88 Å². The fourth-order valence-electron chi connectivity index (χ4n) is 4.50. The smallest absolute Gasteiger partial charge is 0.137 e. The van der Waals surface area contributed by atoms with E-state index in [1.165, 1.54) is 19.3 Å². The lowest BCUT2D eigenvalue weighted by molar-refractivity contribution is 0.126. The van der Waals surface area contributed by atoms with Crippen LogP contribution in [0.3, 0.4) is 0 Å². The molecule has 29 heavy (non-hydrogen) atoms. The van der Waals surface area contributed by atoms with E-state index in [0.29, 0.717) is 33.9 Å². The molecule has 0 atom stereocenters. The molecule has 0 radical (unpaired) electrons. The van der Waals surface area contributed by atoms with Crippen molar-refractivity contribution < 1.29 is 9.84 Å². The molecule has 0 amide bonds. The van der Waals surface area contributed by atoms with E-state index in [2.05, 4.69) is 11.0 Å².